The number of carbonyl (C=O) groups excluding carboxylic acids is 1. The third-order valence-electron chi connectivity index (χ3n) is 2.96. The summed E-state index contributed by atoms with van der Waals surface area (Å²) in [6.07, 6.45) is 0.655. The van der Waals surface area contributed by atoms with Crippen molar-refractivity contribution in [2.75, 3.05) is 6.61 Å². The Balaban J connectivity index is 2.37. The zero-order chi connectivity index (χ0) is 11.6. The van der Waals surface area contributed by atoms with Crippen LogP contribution in [-0.2, 0) is 9.53 Å². The molecule has 2 rings (SSSR count). The van der Waals surface area contributed by atoms with Crippen molar-refractivity contribution in [3.8, 4) is 0 Å². The third kappa shape index (κ3) is 1.85. The van der Waals surface area contributed by atoms with E-state index in [0.29, 0.717) is 6.42 Å². The fraction of sp³-hybridized carbons (Fsp3) is 0.385. The first kappa shape index (κ1) is 10.9. The van der Waals surface area contributed by atoms with Crippen LogP contribution >= 0.6 is 0 Å². The molecule has 1 aromatic carbocycles. The second-order valence-electron chi connectivity index (χ2n) is 4.13. The molecule has 0 unspecified atom stereocenters. The summed E-state index contributed by atoms with van der Waals surface area (Å²) in [7, 11) is 0. The van der Waals surface area contributed by atoms with Crippen LogP contribution in [0.2, 0.25) is 0 Å². The molecule has 84 valence electrons. The molecule has 0 saturated heterocycles. The first-order valence-corrected chi connectivity index (χ1v) is 5.47. The van der Waals surface area contributed by atoms with E-state index in [-0.39, 0.29) is 12.6 Å². The number of cyclic esters (lactones) is 1. The van der Waals surface area contributed by atoms with Gasteiger partial charge >= 0.3 is 5.97 Å². The quantitative estimate of drug-likeness (QED) is 0.712. The van der Waals surface area contributed by atoms with Crippen molar-refractivity contribution in [1.29, 1.82) is 0 Å². The van der Waals surface area contributed by atoms with Crippen LogP contribution in [0.4, 0.5) is 0 Å². The Hall–Kier alpha value is -1.64. The Bertz CT molecular complexity index is 425. The number of nitrogens with zero attached hydrogens (tertiary/aromatic N) is 1. The van der Waals surface area contributed by atoms with Gasteiger partial charge in [-0.25, -0.2) is 4.79 Å². The van der Waals surface area contributed by atoms with Crippen molar-refractivity contribution >= 4 is 11.7 Å². The van der Waals surface area contributed by atoms with E-state index in [1.54, 1.807) is 0 Å². The van der Waals surface area contributed by atoms with Crippen LogP contribution in [0, 0.1) is 0 Å². The molecule has 16 heavy (non-hydrogen) atoms. The second-order valence-corrected chi connectivity index (χ2v) is 4.13. The minimum atomic E-state index is -0.719. The summed E-state index contributed by atoms with van der Waals surface area (Å²) in [5, 5.41) is 0. The molecule has 0 amide bonds. The SMILES string of the molecule is CC[C@@]1(C)N=C(c2ccccc2)COC1=O. The number of ether oxygens (including phenoxy) is 1. The number of esters is 1. The van der Waals surface area contributed by atoms with E-state index in [1.165, 1.54) is 0 Å². The molecule has 1 heterocycles. The monoisotopic (exact) mass is 217 g/mol. The molecular weight excluding hydrogens is 202 g/mol. The molecule has 0 aliphatic carbocycles. The summed E-state index contributed by atoms with van der Waals surface area (Å²) < 4.78 is 5.18. The summed E-state index contributed by atoms with van der Waals surface area (Å²) in [6.45, 7) is 4.04. The number of aliphatic imine (C=N–C) groups is 1. The molecule has 0 saturated carbocycles. The van der Waals surface area contributed by atoms with Crippen LogP contribution in [0.1, 0.15) is 25.8 Å². The van der Waals surface area contributed by atoms with E-state index in [4.69, 9.17) is 4.74 Å². The molecule has 1 atom stereocenters. The predicted molar refractivity (Wildman–Crippen MR) is 62.6 cm³/mol. The molecule has 0 radical (unpaired) electrons. The fourth-order valence-electron chi connectivity index (χ4n) is 1.67. The van der Waals surface area contributed by atoms with Gasteiger partial charge in [0.15, 0.2) is 5.54 Å². The molecule has 0 fully saturated rings. The molecular formula is C13H15NO2. The summed E-state index contributed by atoms with van der Waals surface area (Å²) in [5.74, 6) is -0.227. The average molecular weight is 217 g/mol. The Morgan fingerprint density at radius 1 is 1.38 bits per heavy atom. The first-order valence-electron chi connectivity index (χ1n) is 5.47. The van der Waals surface area contributed by atoms with Gasteiger partial charge in [-0.05, 0) is 18.9 Å². The third-order valence-corrected chi connectivity index (χ3v) is 2.96. The topological polar surface area (TPSA) is 38.7 Å². The van der Waals surface area contributed by atoms with E-state index in [2.05, 4.69) is 4.99 Å². The van der Waals surface area contributed by atoms with Gasteiger partial charge in [0.05, 0.1) is 5.71 Å². The molecule has 1 aromatic rings. The van der Waals surface area contributed by atoms with Crippen LogP contribution in [0.25, 0.3) is 0 Å². The standard InChI is InChI=1S/C13H15NO2/c1-3-13(2)12(15)16-9-11(14-13)10-7-5-4-6-8-10/h4-8H,3,9H2,1-2H3/t13-/m1/s1. The summed E-state index contributed by atoms with van der Waals surface area (Å²) in [6, 6.07) is 9.83. The van der Waals surface area contributed by atoms with Gasteiger partial charge in [0.25, 0.3) is 0 Å². The lowest BCUT2D eigenvalue weighted by Crippen LogP contribution is -2.41. The maximum atomic E-state index is 11.6. The lowest BCUT2D eigenvalue weighted by atomic mass is 9.97. The normalized spacial score (nSPS) is 24.9. The highest BCUT2D eigenvalue weighted by Crippen LogP contribution is 2.23. The summed E-state index contributed by atoms with van der Waals surface area (Å²) in [4.78, 5) is 16.1. The van der Waals surface area contributed by atoms with E-state index < -0.39 is 5.54 Å². The molecule has 0 aromatic heterocycles. The number of hydrogen-bond acceptors (Lipinski definition) is 3. The van der Waals surface area contributed by atoms with Crippen molar-refractivity contribution in [1.82, 2.24) is 0 Å². The molecule has 0 bridgehead atoms. The van der Waals surface area contributed by atoms with E-state index >= 15 is 0 Å². The van der Waals surface area contributed by atoms with Crippen molar-refractivity contribution in [2.24, 2.45) is 4.99 Å². The van der Waals surface area contributed by atoms with Crippen molar-refractivity contribution in [3.05, 3.63) is 35.9 Å². The molecule has 3 heteroatoms. The minimum absolute atomic E-state index is 0.227. The van der Waals surface area contributed by atoms with E-state index in [1.807, 2.05) is 44.2 Å². The van der Waals surface area contributed by atoms with Gasteiger partial charge in [0.1, 0.15) is 6.61 Å². The lowest BCUT2D eigenvalue weighted by molar-refractivity contribution is -0.148. The van der Waals surface area contributed by atoms with Crippen molar-refractivity contribution in [3.63, 3.8) is 0 Å². The number of rotatable bonds is 2. The molecule has 0 N–H and O–H groups in total. The first-order chi connectivity index (χ1) is 7.65. The summed E-state index contributed by atoms with van der Waals surface area (Å²) >= 11 is 0. The zero-order valence-corrected chi connectivity index (χ0v) is 9.56. The second kappa shape index (κ2) is 4.08. The fourth-order valence-corrected chi connectivity index (χ4v) is 1.67. The predicted octanol–water partition coefficient (Wildman–Crippen LogP) is 2.20. The van der Waals surface area contributed by atoms with Crippen LogP contribution in [0.3, 0.4) is 0 Å². The highest BCUT2D eigenvalue weighted by atomic mass is 16.5. The minimum Gasteiger partial charge on any atom is -0.457 e. The van der Waals surface area contributed by atoms with Crippen LogP contribution in [0.15, 0.2) is 35.3 Å². The number of carbonyl (C=O) groups is 1. The van der Waals surface area contributed by atoms with Crippen molar-refractivity contribution < 1.29 is 9.53 Å². The number of hydrogen-bond donors (Lipinski definition) is 0. The van der Waals surface area contributed by atoms with Crippen LogP contribution in [-0.4, -0.2) is 23.8 Å². The Kier molecular flexibility index (Phi) is 2.77. The molecule has 0 spiro atoms. The Morgan fingerprint density at radius 2 is 2.06 bits per heavy atom. The van der Waals surface area contributed by atoms with Crippen LogP contribution < -0.4 is 0 Å². The van der Waals surface area contributed by atoms with Crippen molar-refractivity contribution in [2.45, 2.75) is 25.8 Å². The van der Waals surface area contributed by atoms with Gasteiger partial charge in [-0.1, -0.05) is 37.3 Å². The largest absolute Gasteiger partial charge is 0.457 e. The number of benzene rings is 1. The van der Waals surface area contributed by atoms with Gasteiger partial charge in [-0.2, -0.15) is 0 Å². The highest BCUT2D eigenvalue weighted by Gasteiger charge is 2.36. The molecule has 3 nitrogen and oxygen atoms in total. The lowest BCUT2D eigenvalue weighted by Gasteiger charge is -2.27. The van der Waals surface area contributed by atoms with E-state index in [0.717, 1.165) is 11.3 Å². The Morgan fingerprint density at radius 3 is 2.69 bits per heavy atom. The summed E-state index contributed by atoms with van der Waals surface area (Å²) in [5.41, 5.74) is 1.16. The smallest absolute Gasteiger partial charge is 0.334 e. The van der Waals surface area contributed by atoms with Gasteiger partial charge in [0, 0.05) is 0 Å². The highest BCUT2D eigenvalue weighted by molar-refractivity contribution is 6.05. The van der Waals surface area contributed by atoms with E-state index in [9.17, 15) is 4.79 Å². The molecule has 1 aliphatic heterocycles. The Labute approximate surface area is 95.2 Å². The van der Waals surface area contributed by atoms with Gasteiger partial charge in [-0.3, -0.25) is 4.99 Å². The maximum Gasteiger partial charge on any atom is 0.334 e. The van der Waals surface area contributed by atoms with Crippen LogP contribution in [0.5, 0.6) is 0 Å². The van der Waals surface area contributed by atoms with Gasteiger partial charge in [-0.15, -0.1) is 0 Å². The average Bonchev–Trinajstić information content (AvgIpc) is 2.34. The zero-order valence-electron chi connectivity index (χ0n) is 9.56. The van der Waals surface area contributed by atoms with Gasteiger partial charge < -0.3 is 4.74 Å². The maximum absolute atomic E-state index is 11.6. The molecule has 1 aliphatic rings. The van der Waals surface area contributed by atoms with Gasteiger partial charge in [0.2, 0.25) is 0 Å².